The standard InChI is InChI=1S/C23H23ClN4O3/c24-18-7-3-1-5-16(18)14-26-21(29)10-9-20-22(30)28(23(31)27-20)12-11-15-13-25-19-8-4-2-6-17(15)19/h1-8,13,20,25H,9-12,14H2,(H,26,29)(H,27,31). The van der Waals surface area contributed by atoms with Gasteiger partial charge in [0.05, 0.1) is 0 Å². The van der Waals surface area contributed by atoms with Crippen LogP contribution in [-0.2, 0) is 22.6 Å². The second-order valence-corrected chi connectivity index (χ2v) is 7.92. The molecule has 1 saturated heterocycles. The van der Waals surface area contributed by atoms with Gasteiger partial charge < -0.3 is 15.6 Å². The van der Waals surface area contributed by atoms with E-state index in [-0.39, 0.29) is 24.7 Å². The number of amides is 4. The molecule has 1 aliphatic rings. The Morgan fingerprint density at radius 1 is 1.06 bits per heavy atom. The largest absolute Gasteiger partial charge is 0.361 e. The Balaban J connectivity index is 1.27. The number of hydrogen-bond donors (Lipinski definition) is 3. The summed E-state index contributed by atoms with van der Waals surface area (Å²) < 4.78 is 0. The monoisotopic (exact) mass is 438 g/mol. The number of nitrogens with one attached hydrogen (secondary N) is 3. The normalized spacial score (nSPS) is 16.0. The maximum absolute atomic E-state index is 12.7. The molecular formula is C23H23ClN4O3. The predicted molar refractivity (Wildman–Crippen MR) is 119 cm³/mol. The van der Waals surface area contributed by atoms with E-state index in [1.165, 1.54) is 4.90 Å². The Kier molecular flexibility index (Phi) is 6.23. The summed E-state index contributed by atoms with van der Waals surface area (Å²) in [4.78, 5) is 41.5. The number of rotatable bonds is 8. The van der Waals surface area contributed by atoms with Crippen molar-refractivity contribution in [1.82, 2.24) is 20.5 Å². The van der Waals surface area contributed by atoms with Crippen molar-refractivity contribution in [2.24, 2.45) is 0 Å². The van der Waals surface area contributed by atoms with Crippen molar-refractivity contribution in [3.05, 3.63) is 70.9 Å². The fourth-order valence-electron chi connectivity index (χ4n) is 3.75. The third-order valence-electron chi connectivity index (χ3n) is 5.48. The first-order valence-electron chi connectivity index (χ1n) is 10.2. The van der Waals surface area contributed by atoms with E-state index in [0.717, 1.165) is 22.0 Å². The summed E-state index contributed by atoms with van der Waals surface area (Å²) in [6.07, 6.45) is 2.86. The van der Waals surface area contributed by atoms with Gasteiger partial charge in [-0.3, -0.25) is 14.5 Å². The fraction of sp³-hybridized carbons (Fsp3) is 0.261. The molecule has 4 amide bonds. The van der Waals surface area contributed by atoms with E-state index in [1.807, 2.05) is 48.7 Å². The molecule has 0 aliphatic carbocycles. The summed E-state index contributed by atoms with van der Waals surface area (Å²) in [6.45, 7) is 0.613. The van der Waals surface area contributed by atoms with E-state index < -0.39 is 12.1 Å². The van der Waals surface area contributed by atoms with Crippen LogP contribution in [0.1, 0.15) is 24.0 Å². The maximum atomic E-state index is 12.7. The van der Waals surface area contributed by atoms with Crippen LogP contribution in [0, 0.1) is 0 Å². The molecule has 4 rings (SSSR count). The minimum Gasteiger partial charge on any atom is -0.361 e. The molecule has 1 fully saturated rings. The average Bonchev–Trinajstić information content (AvgIpc) is 3.30. The van der Waals surface area contributed by atoms with Crippen LogP contribution in [-0.4, -0.2) is 40.3 Å². The van der Waals surface area contributed by atoms with Crippen LogP contribution in [0.4, 0.5) is 4.79 Å². The third-order valence-corrected chi connectivity index (χ3v) is 5.85. The van der Waals surface area contributed by atoms with Gasteiger partial charge in [0, 0.05) is 41.6 Å². The second kappa shape index (κ2) is 9.22. The van der Waals surface area contributed by atoms with E-state index in [0.29, 0.717) is 24.5 Å². The smallest absolute Gasteiger partial charge is 0.324 e. The number of benzene rings is 2. The number of halogens is 1. The van der Waals surface area contributed by atoms with E-state index in [4.69, 9.17) is 11.6 Å². The van der Waals surface area contributed by atoms with Crippen LogP contribution in [0.15, 0.2) is 54.7 Å². The van der Waals surface area contributed by atoms with Crippen molar-refractivity contribution in [1.29, 1.82) is 0 Å². The van der Waals surface area contributed by atoms with Gasteiger partial charge in [-0.15, -0.1) is 0 Å². The molecule has 1 aromatic heterocycles. The quantitative estimate of drug-likeness (QED) is 0.470. The summed E-state index contributed by atoms with van der Waals surface area (Å²) in [6, 6.07) is 14.1. The van der Waals surface area contributed by atoms with Gasteiger partial charge in [-0.1, -0.05) is 48.0 Å². The molecule has 0 radical (unpaired) electrons. The number of aromatic nitrogens is 1. The summed E-state index contributed by atoms with van der Waals surface area (Å²) >= 11 is 6.09. The second-order valence-electron chi connectivity index (χ2n) is 7.51. The van der Waals surface area contributed by atoms with E-state index in [9.17, 15) is 14.4 Å². The van der Waals surface area contributed by atoms with Crippen molar-refractivity contribution in [3.8, 4) is 0 Å². The van der Waals surface area contributed by atoms with Gasteiger partial charge in [-0.05, 0) is 36.1 Å². The van der Waals surface area contributed by atoms with E-state index in [2.05, 4.69) is 15.6 Å². The van der Waals surface area contributed by atoms with E-state index >= 15 is 0 Å². The molecule has 1 atom stereocenters. The van der Waals surface area contributed by atoms with Crippen LogP contribution in [0.3, 0.4) is 0 Å². The number of aromatic amines is 1. The number of carbonyl (C=O) groups excluding carboxylic acids is 3. The zero-order valence-electron chi connectivity index (χ0n) is 16.9. The first-order valence-corrected chi connectivity index (χ1v) is 10.6. The topological polar surface area (TPSA) is 94.3 Å². The molecule has 2 aromatic carbocycles. The lowest BCUT2D eigenvalue weighted by Gasteiger charge is -2.13. The number of urea groups is 1. The van der Waals surface area contributed by atoms with E-state index in [1.54, 1.807) is 6.07 Å². The first-order chi connectivity index (χ1) is 15.0. The van der Waals surface area contributed by atoms with Crippen molar-refractivity contribution >= 4 is 40.3 Å². The van der Waals surface area contributed by atoms with Gasteiger partial charge in [-0.25, -0.2) is 4.79 Å². The Hall–Kier alpha value is -3.32. The molecule has 1 aliphatic heterocycles. The Bertz CT molecular complexity index is 1130. The minimum atomic E-state index is -0.679. The highest BCUT2D eigenvalue weighted by Gasteiger charge is 2.37. The lowest BCUT2D eigenvalue weighted by molar-refractivity contribution is -0.127. The molecule has 7 nitrogen and oxygen atoms in total. The zero-order valence-corrected chi connectivity index (χ0v) is 17.6. The van der Waals surface area contributed by atoms with Crippen molar-refractivity contribution in [3.63, 3.8) is 0 Å². The summed E-state index contributed by atoms with van der Waals surface area (Å²) in [5.41, 5.74) is 2.90. The van der Waals surface area contributed by atoms with Crippen LogP contribution >= 0.6 is 11.6 Å². The molecule has 2 heterocycles. The van der Waals surface area contributed by atoms with Crippen LogP contribution < -0.4 is 10.6 Å². The zero-order chi connectivity index (χ0) is 21.8. The number of imide groups is 1. The third kappa shape index (κ3) is 4.72. The SMILES string of the molecule is O=C(CCC1NC(=O)N(CCc2c[nH]c3ccccc23)C1=O)NCc1ccccc1Cl. The molecule has 8 heteroatoms. The van der Waals surface area contributed by atoms with Crippen molar-refractivity contribution in [2.45, 2.75) is 31.8 Å². The highest BCUT2D eigenvalue weighted by Crippen LogP contribution is 2.20. The van der Waals surface area contributed by atoms with Crippen molar-refractivity contribution < 1.29 is 14.4 Å². The van der Waals surface area contributed by atoms with Gasteiger partial charge >= 0.3 is 6.03 Å². The lowest BCUT2D eigenvalue weighted by Crippen LogP contribution is -2.33. The minimum absolute atomic E-state index is 0.136. The molecule has 1 unspecified atom stereocenters. The van der Waals surface area contributed by atoms with Crippen molar-refractivity contribution in [2.75, 3.05) is 6.54 Å². The molecule has 160 valence electrons. The first kappa shape index (κ1) is 20.9. The molecule has 31 heavy (non-hydrogen) atoms. The van der Waals surface area contributed by atoms with Crippen LogP contribution in [0.5, 0.6) is 0 Å². The molecule has 0 bridgehead atoms. The highest BCUT2D eigenvalue weighted by atomic mass is 35.5. The molecule has 3 aromatic rings. The number of H-pyrrole nitrogens is 1. The fourth-order valence-corrected chi connectivity index (χ4v) is 3.96. The maximum Gasteiger partial charge on any atom is 0.324 e. The summed E-state index contributed by atoms with van der Waals surface area (Å²) in [7, 11) is 0. The highest BCUT2D eigenvalue weighted by molar-refractivity contribution is 6.31. The predicted octanol–water partition coefficient (Wildman–Crippen LogP) is 3.38. The lowest BCUT2D eigenvalue weighted by atomic mass is 10.1. The Morgan fingerprint density at radius 3 is 2.68 bits per heavy atom. The van der Waals surface area contributed by atoms with Gasteiger partial charge in [0.25, 0.3) is 5.91 Å². The van der Waals surface area contributed by atoms with Gasteiger partial charge in [0.1, 0.15) is 6.04 Å². The summed E-state index contributed by atoms with van der Waals surface area (Å²) in [5.74, 6) is -0.483. The molecule has 3 N–H and O–H groups in total. The number of para-hydroxylation sites is 1. The summed E-state index contributed by atoms with van der Waals surface area (Å²) in [5, 5.41) is 7.16. The van der Waals surface area contributed by atoms with Gasteiger partial charge in [0.15, 0.2) is 0 Å². The van der Waals surface area contributed by atoms with Crippen LogP contribution in [0.25, 0.3) is 10.9 Å². The number of hydrogen-bond acceptors (Lipinski definition) is 3. The Labute approximate surface area is 184 Å². The molecular weight excluding hydrogens is 416 g/mol. The average molecular weight is 439 g/mol. The molecule has 0 saturated carbocycles. The van der Waals surface area contributed by atoms with Crippen LogP contribution in [0.2, 0.25) is 5.02 Å². The number of nitrogens with zero attached hydrogens (tertiary/aromatic N) is 1. The Morgan fingerprint density at radius 2 is 1.84 bits per heavy atom. The van der Waals surface area contributed by atoms with Gasteiger partial charge in [-0.2, -0.15) is 0 Å². The number of fused-ring (bicyclic) bond motifs is 1. The molecule has 0 spiro atoms. The number of carbonyl (C=O) groups is 3. The van der Waals surface area contributed by atoms with Gasteiger partial charge in [0.2, 0.25) is 5.91 Å².